The SMILES string of the molecule is C=C(C)CN1CCC[C@H]1COCCOC. The molecule has 1 saturated heterocycles. The molecule has 0 unspecified atom stereocenters. The Morgan fingerprint density at radius 2 is 2.27 bits per heavy atom. The molecular formula is C12H23NO2. The maximum absolute atomic E-state index is 5.57. The normalized spacial score (nSPS) is 22.1. The van der Waals surface area contributed by atoms with Crippen molar-refractivity contribution < 1.29 is 9.47 Å². The molecule has 0 radical (unpaired) electrons. The van der Waals surface area contributed by atoms with Gasteiger partial charge in [-0.15, -0.1) is 0 Å². The molecule has 0 aromatic carbocycles. The standard InChI is InChI=1S/C12H23NO2/c1-11(2)9-13-6-4-5-12(13)10-15-8-7-14-3/h12H,1,4-10H2,2-3H3/t12-/m0/s1. The average Bonchev–Trinajstić information content (AvgIpc) is 2.59. The van der Waals surface area contributed by atoms with E-state index in [1.54, 1.807) is 7.11 Å². The van der Waals surface area contributed by atoms with E-state index in [2.05, 4.69) is 18.4 Å². The highest BCUT2D eigenvalue weighted by atomic mass is 16.5. The molecule has 15 heavy (non-hydrogen) atoms. The summed E-state index contributed by atoms with van der Waals surface area (Å²) >= 11 is 0. The zero-order chi connectivity index (χ0) is 11.1. The van der Waals surface area contributed by atoms with Crippen molar-refractivity contribution in [2.24, 2.45) is 0 Å². The lowest BCUT2D eigenvalue weighted by atomic mass is 10.2. The molecule has 0 N–H and O–H groups in total. The van der Waals surface area contributed by atoms with Crippen LogP contribution < -0.4 is 0 Å². The topological polar surface area (TPSA) is 21.7 Å². The predicted octanol–water partition coefficient (Wildman–Crippen LogP) is 1.69. The van der Waals surface area contributed by atoms with Crippen LogP contribution in [0.15, 0.2) is 12.2 Å². The Balaban J connectivity index is 2.18. The number of ether oxygens (including phenoxy) is 2. The van der Waals surface area contributed by atoms with E-state index in [0.29, 0.717) is 19.3 Å². The highest BCUT2D eigenvalue weighted by molar-refractivity contribution is 4.95. The number of methoxy groups -OCH3 is 1. The quantitative estimate of drug-likeness (QED) is 0.474. The van der Waals surface area contributed by atoms with Crippen molar-refractivity contribution in [2.75, 3.05) is 40.0 Å². The van der Waals surface area contributed by atoms with Crippen LogP contribution in [-0.4, -0.2) is 51.0 Å². The highest BCUT2D eigenvalue weighted by Crippen LogP contribution is 2.18. The molecule has 1 heterocycles. The lowest BCUT2D eigenvalue weighted by Gasteiger charge is -2.24. The van der Waals surface area contributed by atoms with Gasteiger partial charge >= 0.3 is 0 Å². The summed E-state index contributed by atoms with van der Waals surface area (Å²) in [6.07, 6.45) is 2.53. The molecule has 0 aromatic heterocycles. The summed E-state index contributed by atoms with van der Waals surface area (Å²) in [7, 11) is 1.70. The minimum Gasteiger partial charge on any atom is -0.382 e. The molecular weight excluding hydrogens is 190 g/mol. The Kier molecular flexibility index (Phi) is 5.91. The Bertz CT molecular complexity index is 194. The van der Waals surface area contributed by atoms with Crippen LogP contribution >= 0.6 is 0 Å². The number of nitrogens with zero attached hydrogens (tertiary/aromatic N) is 1. The predicted molar refractivity (Wildman–Crippen MR) is 62.1 cm³/mol. The van der Waals surface area contributed by atoms with E-state index >= 15 is 0 Å². The van der Waals surface area contributed by atoms with Gasteiger partial charge in [0.1, 0.15) is 0 Å². The first-order valence-corrected chi connectivity index (χ1v) is 5.69. The maximum atomic E-state index is 5.57. The van der Waals surface area contributed by atoms with Gasteiger partial charge in [0.15, 0.2) is 0 Å². The smallest absolute Gasteiger partial charge is 0.0701 e. The molecule has 1 atom stereocenters. The Labute approximate surface area is 93.0 Å². The minimum absolute atomic E-state index is 0.582. The Morgan fingerprint density at radius 3 is 2.93 bits per heavy atom. The van der Waals surface area contributed by atoms with Crippen LogP contribution in [0.1, 0.15) is 19.8 Å². The van der Waals surface area contributed by atoms with Crippen molar-refractivity contribution in [3.63, 3.8) is 0 Å². The number of rotatable bonds is 7. The van der Waals surface area contributed by atoms with Gasteiger partial charge in [-0.3, -0.25) is 4.90 Å². The van der Waals surface area contributed by atoms with E-state index in [1.807, 2.05) is 0 Å². The second-order valence-electron chi connectivity index (χ2n) is 4.29. The minimum atomic E-state index is 0.582. The van der Waals surface area contributed by atoms with Gasteiger partial charge in [0.2, 0.25) is 0 Å². The van der Waals surface area contributed by atoms with Crippen molar-refractivity contribution in [2.45, 2.75) is 25.8 Å². The fourth-order valence-electron chi connectivity index (χ4n) is 2.00. The number of hydrogen-bond acceptors (Lipinski definition) is 3. The van der Waals surface area contributed by atoms with Gasteiger partial charge in [-0.25, -0.2) is 0 Å². The summed E-state index contributed by atoms with van der Waals surface area (Å²) in [6.45, 7) is 10.5. The molecule has 0 aliphatic carbocycles. The van der Waals surface area contributed by atoms with Gasteiger partial charge < -0.3 is 9.47 Å². The Morgan fingerprint density at radius 1 is 1.47 bits per heavy atom. The van der Waals surface area contributed by atoms with Gasteiger partial charge in [0.05, 0.1) is 19.8 Å². The molecule has 0 amide bonds. The second-order valence-corrected chi connectivity index (χ2v) is 4.29. The zero-order valence-corrected chi connectivity index (χ0v) is 10.00. The molecule has 0 bridgehead atoms. The van der Waals surface area contributed by atoms with E-state index in [1.165, 1.54) is 25.0 Å². The molecule has 1 aliphatic rings. The molecule has 3 heteroatoms. The van der Waals surface area contributed by atoms with Gasteiger partial charge in [-0.1, -0.05) is 12.2 Å². The molecule has 0 aromatic rings. The van der Waals surface area contributed by atoms with Gasteiger partial charge in [0.25, 0.3) is 0 Å². The fraction of sp³-hybridized carbons (Fsp3) is 0.833. The fourth-order valence-corrected chi connectivity index (χ4v) is 2.00. The summed E-state index contributed by atoms with van der Waals surface area (Å²) < 4.78 is 10.5. The third kappa shape index (κ3) is 4.78. The summed E-state index contributed by atoms with van der Waals surface area (Å²) in [5, 5.41) is 0. The first kappa shape index (κ1) is 12.7. The van der Waals surface area contributed by atoms with Crippen molar-refractivity contribution in [1.82, 2.24) is 4.90 Å². The zero-order valence-electron chi connectivity index (χ0n) is 10.00. The average molecular weight is 213 g/mol. The number of hydrogen-bond donors (Lipinski definition) is 0. The first-order chi connectivity index (χ1) is 7.24. The van der Waals surface area contributed by atoms with Gasteiger partial charge in [0, 0.05) is 19.7 Å². The third-order valence-electron chi connectivity index (χ3n) is 2.71. The summed E-state index contributed by atoms with van der Waals surface area (Å²) in [4.78, 5) is 2.47. The molecule has 1 aliphatic heterocycles. The van der Waals surface area contributed by atoms with E-state index < -0.39 is 0 Å². The van der Waals surface area contributed by atoms with Crippen LogP contribution in [0.25, 0.3) is 0 Å². The number of likely N-dealkylation sites (tertiary alicyclic amines) is 1. The highest BCUT2D eigenvalue weighted by Gasteiger charge is 2.23. The van der Waals surface area contributed by atoms with Crippen molar-refractivity contribution in [3.8, 4) is 0 Å². The maximum Gasteiger partial charge on any atom is 0.0701 e. The van der Waals surface area contributed by atoms with E-state index in [9.17, 15) is 0 Å². The lowest BCUT2D eigenvalue weighted by Crippen LogP contribution is -2.34. The van der Waals surface area contributed by atoms with Crippen LogP contribution in [0.4, 0.5) is 0 Å². The van der Waals surface area contributed by atoms with Crippen molar-refractivity contribution >= 4 is 0 Å². The molecule has 1 fully saturated rings. The van der Waals surface area contributed by atoms with Crippen molar-refractivity contribution in [1.29, 1.82) is 0 Å². The molecule has 1 rings (SSSR count). The summed E-state index contributed by atoms with van der Waals surface area (Å²) in [5.41, 5.74) is 1.23. The van der Waals surface area contributed by atoms with Gasteiger partial charge in [-0.05, 0) is 26.3 Å². The summed E-state index contributed by atoms with van der Waals surface area (Å²) in [5.74, 6) is 0. The second kappa shape index (κ2) is 6.99. The van der Waals surface area contributed by atoms with Crippen LogP contribution in [0.5, 0.6) is 0 Å². The van der Waals surface area contributed by atoms with Crippen LogP contribution in [0.2, 0.25) is 0 Å². The first-order valence-electron chi connectivity index (χ1n) is 5.69. The summed E-state index contributed by atoms with van der Waals surface area (Å²) in [6, 6.07) is 0.582. The van der Waals surface area contributed by atoms with E-state index in [-0.39, 0.29) is 0 Å². The monoisotopic (exact) mass is 213 g/mol. The molecule has 3 nitrogen and oxygen atoms in total. The largest absolute Gasteiger partial charge is 0.382 e. The van der Waals surface area contributed by atoms with E-state index in [0.717, 1.165) is 13.2 Å². The van der Waals surface area contributed by atoms with Crippen LogP contribution in [-0.2, 0) is 9.47 Å². The van der Waals surface area contributed by atoms with E-state index in [4.69, 9.17) is 9.47 Å². The van der Waals surface area contributed by atoms with Crippen LogP contribution in [0, 0.1) is 0 Å². The van der Waals surface area contributed by atoms with Gasteiger partial charge in [-0.2, -0.15) is 0 Å². The van der Waals surface area contributed by atoms with Crippen LogP contribution in [0.3, 0.4) is 0 Å². The van der Waals surface area contributed by atoms with Crippen molar-refractivity contribution in [3.05, 3.63) is 12.2 Å². The Hall–Kier alpha value is -0.380. The third-order valence-corrected chi connectivity index (χ3v) is 2.71. The molecule has 0 saturated carbocycles. The molecule has 88 valence electrons. The lowest BCUT2D eigenvalue weighted by molar-refractivity contribution is 0.0423. The molecule has 0 spiro atoms.